The molecule has 107 valence electrons. The van der Waals surface area contributed by atoms with E-state index in [-0.39, 0.29) is 56.0 Å². The number of pyridine rings is 1. The maximum Gasteiger partial charge on any atom is 0.178 e. The molecule has 1 aromatic rings. The van der Waals surface area contributed by atoms with Crippen LogP contribution in [-0.4, -0.2) is 15.6 Å². The Bertz CT molecular complexity index is 545. The Morgan fingerprint density at radius 3 is 2.60 bits per heavy atom. The summed E-state index contributed by atoms with van der Waals surface area (Å²) in [4.78, 5) is 22.1. The van der Waals surface area contributed by atoms with E-state index in [0.717, 1.165) is 12.5 Å². The van der Waals surface area contributed by atoms with E-state index in [1.165, 1.54) is 10.8 Å². The Kier molecular flexibility index (Phi) is 6.04. The van der Waals surface area contributed by atoms with Crippen LogP contribution in [-0.2, 0) is 37.4 Å². The van der Waals surface area contributed by atoms with E-state index in [1.54, 1.807) is 0 Å². The predicted octanol–water partition coefficient (Wildman–Crippen LogP) is 2.13. The fourth-order valence-electron chi connectivity index (χ4n) is 2.55. The van der Waals surface area contributed by atoms with Crippen LogP contribution in [0.2, 0.25) is 0 Å². The first-order valence-electron chi connectivity index (χ1n) is 6.39. The van der Waals surface area contributed by atoms with Crippen molar-refractivity contribution in [2.75, 3.05) is 0 Å². The van der Waals surface area contributed by atoms with Gasteiger partial charge in [-0.15, -0.1) is 6.07 Å². The van der Waals surface area contributed by atoms with E-state index in [2.05, 4.69) is 13.0 Å². The summed E-state index contributed by atoms with van der Waals surface area (Å²) >= 11 is 0. The zero-order chi connectivity index (χ0) is 14.2. The molecule has 0 saturated carbocycles. The first-order chi connectivity index (χ1) is 8.95. The Labute approximate surface area is 142 Å². The molecule has 20 heavy (non-hydrogen) atoms. The van der Waals surface area contributed by atoms with Crippen LogP contribution in [0.1, 0.15) is 33.4 Å². The summed E-state index contributed by atoms with van der Waals surface area (Å²) < 4.78 is 7.17. The molecule has 1 unspecified atom stereocenters. The van der Waals surface area contributed by atoms with Crippen LogP contribution < -0.4 is 5.56 Å². The topological polar surface area (TPSA) is 74.4 Å². The van der Waals surface area contributed by atoms with Crippen molar-refractivity contribution in [2.45, 2.75) is 39.5 Å². The summed E-state index contributed by atoms with van der Waals surface area (Å²) in [6, 6.07) is 3.46. The van der Waals surface area contributed by atoms with E-state index < -0.39 is 11.2 Å². The van der Waals surface area contributed by atoms with Gasteiger partial charge >= 0.3 is 0 Å². The van der Waals surface area contributed by atoms with Crippen LogP contribution in [0.4, 0.5) is 5.69 Å². The fourth-order valence-corrected chi connectivity index (χ4v) is 2.55. The van der Waals surface area contributed by atoms with Crippen LogP contribution in [0.25, 0.3) is 0 Å². The second-order valence-corrected chi connectivity index (χ2v) is 5.00. The summed E-state index contributed by atoms with van der Waals surface area (Å²) in [6.45, 7) is 6.10. The molecular formula is C13H17N2O4Y-. The van der Waals surface area contributed by atoms with Crippen molar-refractivity contribution < 1.29 is 42.4 Å². The first-order valence-corrected chi connectivity index (χ1v) is 6.39. The van der Waals surface area contributed by atoms with Crippen molar-refractivity contribution in [3.63, 3.8) is 0 Å². The van der Waals surface area contributed by atoms with Gasteiger partial charge in [-0.05, 0) is 18.5 Å². The molecule has 0 aromatic carbocycles. The number of hydrogen-bond acceptors (Lipinski definition) is 4. The monoisotopic (exact) mass is 354 g/mol. The number of ether oxygens (including phenoxy) is 1. The van der Waals surface area contributed by atoms with Crippen LogP contribution in [0, 0.1) is 28.0 Å². The molecule has 1 aliphatic rings. The largest absolute Gasteiger partial charge is 0.391 e. The molecule has 0 amide bonds. The summed E-state index contributed by atoms with van der Waals surface area (Å²) in [5, 5.41) is 10.8. The maximum atomic E-state index is 11.9. The first kappa shape index (κ1) is 17.5. The van der Waals surface area contributed by atoms with Gasteiger partial charge in [-0.3, -0.25) is 10.1 Å². The van der Waals surface area contributed by atoms with E-state index in [1.807, 2.05) is 13.8 Å². The van der Waals surface area contributed by atoms with Gasteiger partial charge in [-0.25, -0.2) is 0 Å². The standard InChI is InChI=1S/C13H17N2O4.Y/c1-4-11-8(2)9(3)13(19-11)14-7-10(15(17)18)5-6-12(14)16;/h6-9,11,13H,4H2,1-3H3;/q-1;/t8-,9?,11-,13-;/m1./s1. The fraction of sp³-hybridized carbons (Fsp3) is 0.615. The van der Waals surface area contributed by atoms with Crippen LogP contribution >= 0.6 is 0 Å². The zero-order valence-electron chi connectivity index (χ0n) is 11.8. The Hall–Kier alpha value is -0.586. The Morgan fingerprint density at radius 2 is 2.10 bits per heavy atom. The van der Waals surface area contributed by atoms with Gasteiger partial charge in [-0.1, -0.05) is 26.8 Å². The van der Waals surface area contributed by atoms with Crippen molar-refractivity contribution in [3.05, 3.63) is 38.8 Å². The van der Waals surface area contributed by atoms with Crippen molar-refractivity contribution >= 4 is 5.69 Å². The van der Waals surface area contributed by atoms with Gasteiger partial charge in [0.05, 0.1) is 6.10 Å². The molecule has 1 aliphatic heterocycles. The van der Waals surface area contributed by atoms with E-state index in [0.29, 0.717) is 5.92 Å². The molecule has 1 aromatic heterocycles. The minimum absolute atomic E-state index is 0. The van der Waals surface area contributed by atoms with E-state index >= 15 is 0 Å². The third-order valence-electron chi connectivity index (χ3n) is 3.91. The summed E-state index contributed by atoms with van der Waals surface area (Å²) in [7, 11) is 0. The average Bonchev–Trinajstić information content (AvgIpc) is 2.66. The smallest absolute Gasteiger partial charge is 0.178 e. The zero-order valence-corrected chi connectivity index (χ0v) is 14.6. The normalized spacial score (nSPS) is 28.9. The van der Waals surface area contributed by atoms with Gasteiger partial charge in [0.15, 0.2) is 5.69 Å². The number of hydrogen-bond donors (Lipinski definition) is 0. The minimum atomic E-state index is -0.559. The van der Waals surface area contributed by atoms with Crippen molar-refractivity contribution in [1.82, 2.24) is 4.57 Å². The van der Waals surface area contributed by atoms with E-state index in [4.69, 9.17) is 4.74 Å². The van der Waals surface area contributed by atoms with Crippen LogP contribution in [0.15, 0.2) is 17.1 Å². The molecule has 2 rings (SSSR count). The molecule has 4 atom stereocenters. The summed E-state index contributed by atoms with van der Waals surface area (Å²) in [5.74, 6) is 0.440. The van der Waals surface area contributed by atoms with Crippen LogP contribution in [0.5, 0.6) is 0 Å². The number of aromatic nitrogens is 1. The molecule has 0 aliphatic carbocycles. The molecular weight excluding hydrogens is 337 g/mol. The number of nitrogens with zero attached hydrogens (tertiary/aromatic N) is 2. The molecule has 6 nitrogen and oxygen atoms in total. The Balaban J connectivity index is 0.00000200. The van der Waals surface area contributed by atoms with Gasteiger partial charge in [0.1, 0.15) is 11.8 Å². The summed E-state index contributed by atoms with van der Waals surface area (Å²) in [6.07, 6.45) is 1.71. The summed E-state index contributed by atoms with van der Waals surface area (Å²) in [5.41, 5.74) is -0.547. The average molecular weight is 354 g/mol. The molecule has 1 fully saturated rings. The van der Waals surface area contributed by atoms with Crippen molar-refractivity contribution in [2.24, 2.45) is 11.8 Å². The molecule has 1 saturated heterocycles. The second kappa shape index (κ2) is 6.92. The predicted molar refractivity (Wildman–Crippen MR) is 68.7 cm³/mol. The molecule has 2 heterocycles. The van der Waals surface area contributed by atoms with Gasteiger partial charge in [0, 0.05) is 43.6 Å². The van der Waals surface area contributed by atoms with Gasteiger partial charge in [0.2, 0.25) is 0 Å². The number of rotatable bonds is 3. The maximum absolute atomic E-state index is 11.9. The van der Waals surface area contributed by atoms with Gasteiger partial charge in [-0.2, -0.15) is 0 Å². The third-order valence-corrected chi connectivity index (χ3v) is 3.91. The number of nitro groups is 1. The van der Waals surface area contributed by atoms with Crippen LogP contribution in [0.3, 0.4) is 0 Å². The van der Waals surface area contributed by atoms with Crippen molar-refractivity contribution in [3.8, 4) is 0 Å². The minimum Gasteiger partial charge on any atom is -0.391 e. The molecule has 1 radical (unpaired) electrons. The molecule has 0 spiro atoms. The quantitative estimate of drug-likeness (QED) is 0.474. The molecule has 0 N–H and O–H groups in total. The molecule has 0 bridgehead atoms. The van der Waals surface area contributed by atoms with Crippen molar-refractivity contribution in [1.29, 1.82) is 0 Å². The third kappa shape index (κ3) is 3.18. The molecule has 7 heteroatoms. The van der Waals surface area contributed by atoms with Gasteiger partial charge < -0.3 is 14.1 Å². The van der Waals surface area contributed by atoms with Gasteiger partial charge in [0.25, 0.3) is 0 Å². The van der Waals surface area contributed by atoms with E-state index in [9.17, 15) is 14.9 Å². The SMILES string of the molecule is CC[C@H]1O[C@@H](n2cc([N+](=O)[O-])[c-]cc2=O)C(C)[C@H]1C.[Y]. The second-order valence-electron chi connectivity index (χ2n) is 5.00. The Morgan fingerprint density at radius 1 is 1.45 bits per heavy atom.